The lowest BCUT2D eigenvalue weighted by molar-refractivity contribution is 0.111. The van der Waals surface area contributed by atoms with E-state index in [4.69, 9.17) is 22.1 Å². The van der Waals surface area contributed by atoms with Crippen LogP contribution in [0, 0.1) is 11.8 Å². The number of pyridine rings is 1. The number of halogens is 1. The summed E-state index contributed by atoms with van der Waals surface area (Å²) in [5.74, 6) is 6.05. The zero-order valence-corrected chi connectivity index (χ0v) is 14.3. The predicted octanol–water partition coefficient (Wildman–Crippen LogP) is 4.54. The lowest BCUT2D eigenvalue weighted by Gasteiger charge is -2.16. The maximum atomic E-state index is 6.23. The Hall–Kier alpha value is -2.32. The summed E-state index contributed by atoms with van der Waals surface area (Å²) < 4.78 is 5.99. The average molecular weight is 355 g/mol. The molecular formula is C19H15ClN2OS. The van der Waals surface area contributed by atoms with Crippen LogP contribution in [-0.4, -0.2) is 11.6 Å². The SMILES string of the molecule is Nc1ccccc1C#CCOC(c1cccs1)c1cccnc1Cl. The van der Waals surface area contributed by atoms with E-state index >= 15 is 0 Å². The van der Waals surface area contributed by atoms with E-state index in [2.05, 4.69) is 16.8 Å². The molecule has 0 fully saturated rings. The number of nitrogens with two attached hydrogens (primary N) is 1. The van der Waals surface area contributed by atoms with Crippen molar-refractivity contribution >= 4 is 28.6 Å². The molecule has 5 heteroatoms. The Balaban J connectivity index is 1.77. The van der Waals surface area contributed by atoms with Gasteiger partial charge in [-0.1, -0.05) is 47.7 Å². The fourth-order valence-corrected chi connectivity index (χ4v) is 3.24. The van der Waals surface area contributed by atoms with Gasteiger partial charge in [0.25, 0.3) is 0 Å². The summed E-state index contributed by atoms with van der Waals surface area (Å²) >= 11 is 7.84. The highest BCUT2D eigenvalue weighted by atomic mass is 35.5. The van der Waals surface area contributed by atoms with Gasteiger partial charge in [0.2, 0.25) is 0 Å². The topological polar surface area (TPSA) is 48.1 Å². The van der Waals surface area contributed by atoms with E-state index in [1.807, 2.05) is 53.9 Å². The Bertz CT molecular complexity index is 868. The first kappa shape index (κ1) is 16.5. The number of ether oxygens (including phenoxy) is 1. The van der Waals surface area contributed by atoms with E-state index in [-0.39, 0.29) is 12.7 Å². The monoisotopic (exact) mass is 354 g/mol. The van der Waals surface area contributed by atoms with E-state index in [0.717, 1.165) is 16.0 Å². The number of anilines is 1. The highest BCUT2D eigenvalue weighted by Gasteiger charge is 2.18. The first-order chi connectivity index (χ1) is 11.8. The molecular weight excluding hydrogens is 340 g/mol. The van der Waals surface area contributed by atoms with Crippen molar-refractivity contribution in [2.24, 2.45) is 0 Å². The second-order valence-corrected chi connectivity index (χ2v) is 6.32. The zero-order chi connectivity index (χ0) is 16.8. The summed E-state index contributed by atoms with van der Waals surface area (Å²) in [5.41, 5.74) is 8.18. The summed E-state index contributed by atoms with van der Waals surface area (Å²) in [6, 6.07) is 15.3. The fourth-order valence-electron chi connectivity index (χ4n) is 2.23. The third kappa shape index (κ3) is 3.95. The standard InChI is InChI=1S/C19H15ClN2OS/c20-19-15(8-3-11-22-19)18(17-10-5-13-24-17)23-12-4-7-14-6-1-2-9-16(14)21/h1-3,5-6,8-11,13,18H,12,21H2. The molecule has 2 heterocycles. The summed E-state index contributed by atoms with van der Waals surface area (Å²) in [6.07, 6.45) is 1.38. The van der Waals surface area contributed by atoms with Crippen molar-refractivity contribution < 1.29 is 4.74 Å². The minimum atomic E-state index is -0.284. The number of hydrogen-bond acceptors (Lipinski definition) is 4. The molecule has 0 aliphatic heterocycles. The smallest absolute Gasteiger partial charge is 0.135 e. The van der Waals surface area contributed by atoms with Crippen molar-refractivity contribution in [3.05, 3.63) is 81.3 Å². The average Bonchev–Trinajstić information content (AvgIpc) is 3.12. The van der Waals surface area contributed by atoms with Gasteiger partial charge in [0.05, 0.1) is 0 Å². The summed E-state index contributed by atoms with van der Waals surface area (Å²) in [4.78, 5) is 5.20. The first-order valence-electron chi connectivity index (χ1n) is 7.34. The molecule has 0 amide bonds. The third-order valence-corrected chi connectivity index (χ3v) is 4.61. The molecule has 0 saturated heterocycles. The van der Waals surface area contributed by atoms with Gasteiger partial charge in [-0.05, 0) is 29.6 Å². The molecule has 2 aromatic heterocycles. The van der Waals surface area contributed by atoms with Gasteiger partial charge in [0, 0.05) is 27.9 Å². The molecule has 0 radical (unpaired) electrons. The van der Waals surface area contributed by atoms with Crippen LogP contribution in [0.25, 0.3) is 0 Å². The minimum absolute atomic E-state index is 0.266. The molecule has 3 nitrogen and oxygen atoms in total. The molecule has 0 aliphatic rings. The van der Waals surface area contributed by atoms with E-state index in [0.29, 0.717) is 10.8 Å². The first-order valence-corrected chi connectivity index (χ1v) is 8.60. The number of nitrogen functional groups attached to an aromatic ring is 1. The molecule has 1 atom stereocenters. The van der Waals surface area contributed by atoms with Crippen LogP contribution in [0.4, 0.5) is 5.69 Å². The van der Waals surface area contributed by atoms with E-state index in [1.54, 1.807) is 17.5 Å². The molecule has 0 saturated carbocycles. The minimum Gasteiger partial charge on any atom is -0.398 e. The van der Waals surface area contributed by atoms with Crippen LogP contribution in [0.15, 0.2) is 60.1 Å². The van der Waals surface area contributed by atoms with Crippen molar-refractivity contribution in [2.75, 3.05) is 12.3 Å². The summed E-state index contributed by atoms with van der Waals surface area (Å²) in [5, 5.41) is 2.45. The van der Waals surface area contributed by atoms with Crippen LogP contribution in [0.1, 0.15) is 22.1 Å². The highest BCUT2D eigenvalue weighted by molar-refractivity contribution is 7.10. The predicted molar refractivity (Wildman–Crippen MR) is 99.1 cm³/mol. The van der Waals surface area contributed by atoms with Crippen LogP contribution >= 0.6 is 22.9 Å². The Labute approximate surface area is 150 Å². The molecule has 2 N–H and O–H groups in total. The highest BCUT2D eigenvalue weighted by Crippen LogP contribution is 2.32. The van der Waals surface area contributed by atoms with Gasteiger partial charge in [-0.15, -0.1) is 11.3 Å². The zero-order valence-electron chi connectivity index (χ0n) is 12.8. The Kier molecular flexibility index (Phi) is 5.50. The molecule has 120 valence electrons. The van der Waals surface area contributed by atoms with Crippen molar-refractivity contribution in [3.63, 3.8) is 0 Å². The van der Waals surface area contributed by atoms with Crippen molar-refractivity contribution in [3.8, 4) is 11.8 Å². The number of rotatable bonds is 4. The largest absolute Gasteiger partial charge is 0.398 e. The Morgan fingerprint density at radius 1 is 1.17 bits per heavy atom. The summed E-state index contributed by atoms with van der Waals surface area (Å²) in [6.45, 7) is 0.266. The number of nitrogens with zero attached hydrogens (tertiary/aromatic N) is 1. The molecule has 1 unspecified atom stereocenters. The summed E-state index contributed by atoms with van der Waals surface area (Å²) in [7, 11) is 0. The number of para-hydroxylation sites is 1. The van der Waals surface area contributed by atoms with Crippen molar-refractivity contribution in [1.82, 2.24) is 4.98 Å². The molecule has 0 spiro atoms. The lowest BCUT2D eigenvalue weighted by Crippen LogP contribution is -2.06. The molecule has 1 aromatic carbocycles. The second-order valence-electron chi connectivity index (χ2n) is 4.98. The van der Waals surface area contributed by atoms with Crippen LogP contribution in [0.3, 0.4) is 0 Å². The lowest BCUT2D eigenvalue weighted by atomic mass is 10.1. The van der Waals surface area contributed by atoms with Crippen LogP contribution in [-0.2, 0) is 4.74 Å². The third-order valence-electron chi connectivity index (χ3n) is 3.38. The van der Waals surface area contributed by atoms with Gasteiger partial charge in [0.15, 0.2) is 0 Å². The van der Waals surface area contributed by atoms with E-state index in [1.165, 1.54) is 0 Å². The number of thiophene rings is 1. The van der Waals surface area contributed by atoms with Gasteiger partial charge in [-0.2, -0.15) is 0 Å². The van der Waals surface area contributed by atoms with Gasteiger partial charge in [0.1, 0.15) is 17.9 Å². The fraction of sp³-hybridized carbons (Fsp3) is 0.105. The normalized spacial score (nSPS) is 11.5. The molecule has 0 aliphatic carbocycles. The van der Waals surface area contributed by atoms with Gasteiger partial charge < -0.3 is 10.5 Å². The van der Waals surface area contributed by atoms with Crippen LogP contribution < -0.4 is 5.73 Å². The van der Waals surface area contributed by atoms with Crippen LogP contribution in [0.2, 0.25) is 5.15 Å². The maximum absolute atomic E-state index is 6.23. The second kappa shape index (κ2) is 7.98. The van der Waals surface area contributed by atoms with Crippen molar-refractivity contribution in [1.29, 1.82) is 0 Å². The Morgan fingerprint density at radius 3 is 2.79 bits per heavy atom. The van der Waals surface area contributed by atoms with Gasteiger partial charge in [-0.3, -0.25) is 0 Å². The van der Waals surface area contributed by atoms with Gasteiger partial charge in [-0.25, -0.2) is 4.98 Å². The molecule has 0 bridgehead atoms. The number of benzene rings is 1. The quantitative estimate of drug-likeness (QED) is 0.425. The van der Waals surface area contributed by atoms with Crippen molar-refractivity contribution in [2.45, 2.75) is 6.10 Å². The number of aromatic nitrogens is 1. The van der Waals surface area contributed by atoms with E-state index < -0.39 is 0 Å². The maximum Gasteiger partial charge on any atom is 0.135 e. The Morgan fingerprint density at radius 2 is 2.04 bits per heavy atom. The number of hydrogen-bond donors (Lipinski definition) is 1. The van der Waals surface area contributed by atoms with Crippen LogP contribution in [0.5, 0.6) is 0 Å². The van der Waals surface area contributed by atoms with Gasteiger partial charge >= 0.3 is 0 Å². The molecule has 24 heavy (non-hydrogen) atoms. The molecule has 3 aromatic rings. The van der Waals surface area contributed by atoms with E-state index in [9.17, 15) is 0 Å². The molecule has 3 rings (SSSR count).